The van der Waals surface area contributed by atoms with E-state index in [1.165, 1.54) is 4.31 Å². The zero-order chi connectivity index (χ0) is 24.5. The molecule has 0 radical (unpaired) electrons. The van der Waals surface area contributed by atoms with Gasteiger partial charge < -0.3 is 10.2 Å². The molecule has 34 heavy (non-hydrogen) atoms. The molecule has 2 amide bonds. The van der Waals surface area contributed by atoms with Crippen LogP contribution in [0.1, 0.15) is 41.6 Å². The standard InChI is InChI=1S/C24H27F2N3O4S/c1-16-5-4-6-19(24(31)28-11-2-3-12-28)22(16)27-23(30)17-9-13-29(14-10-17)34(32,33)18-7-8-20(25)21(26)15-18/h4-8,15,17H,2-3,9-14H2,1H3,(H,27,30). The Balaban J connectivity index is 1.43. The minimum Gasteiger partial charge on any atom is -0.339 e. The Kier molecular flexibility index (Phi) is 6.99. The Hall–Kier alpha value is -2.85. The van der Waals surface area contributed by atoms with E-state index < -0.39 is 27.6 Å². The molecule has 2 saturated heterocycles. The maximum absolute atomic E-state index is 13.5. The van der Waals surface area contributed by atoms with Crippen molar-refractivity contribution in [2.45, 2.75) is 37.5 Å². The van der Waals surface area contributed by atoms with Gasteiger partial charge in [0, 0.05) is 32.1 Å². The minimum absolute atomic E-state index is 0.0761. The Labute approximate surface area is 197 Å². The van der Waals surface area contributed by atoms with E-state index in [2.05, 4.69) is 5.32 Å². The number of aryl methyl sites for hydroxylation is 1. The third kappa shape index (κ3) is 4.83. The van der Waals surface area contributed by atoms with Gasteiger partial charge >= 0.3 is 0 Å². The summed E-state index contributed by atoms with van der Waals surface area (Å²) >= 11 is 0. The average molecular weight is 492 g/mol. The smallest absolute Gasteiger partial charge is 0.255 e. The van der Waals surface area contributed by atoms with E-state index in [9.17, 15) is 26.8 Å². The van der Waals surface area contributed by atoms with Gasteiger partial charge in [-0.05, 0) is 62.4 Å². The van der Waals surface area contributed by atoms with Crippen LogP contribution in [0, 0.1) is 24.5 Å². The Morgan fingerprint density at radius 2 is 1.65 bits per heavy atom. The Bertz CT molecular complexity index is 1200. The van der Waals surface area contributed by atoms with Crippen LogP contribution in [-0.2, 0) is 14.8 Å². The van der Waals surface area contributed by atoms with Crippen molar-refractivity contribution in [2.24, 2.45) is 5.92 Å². The van der Waals surface area contributed by atoms with E-state index in [4.69, 9.17) is 0 Å². The number of halogens is 2. The van der Waals surface area contributed by atoms with Gasteiger partial charge in [-0.15, -0.1) is 0 Å². The quantitative estimate of drug-likeness (QED) is 0.693. The Morgan fingerprint density at radius 3 is 2.29 bits per heavy atom. The fourth-order valence-electron chi connectivity index (χ4n) is 4.47. The third-order valence-electron chi connectivity index (χ3n) is 6.50. The molecule has 2 fully saturated rings. The van der Waals surface area contributed by atoms with E-state index >= 15 is 0 Å². The number of nitrogens with one attached hydrogen (secondary N) is 1. The number of amides is 2. The number of nitrogens with zero attached hydrogens (tertiary/aromatic N) is 2. The van der Waals surface area contributed by atoms with Gasteiger partial charge in [0.2, 0.25) is 15.9 Å². The lowest BCUT2D eigenvalue weighted by Gasteiger charge is -2.31. The van der Waals surface area contributed by atoms with Crippen molar-refractivity contribution in [1.29, 1.82) is 0 Å². The van der Waals surface area contributed by atoms with Crippen LogP contribution >= 0.6 is 0 Å². The molecule has 0 aliphatic carbocycles. The van der Waals surface area contributed by atoms with E-state index in [0.717, 1.165) is 30.5 Å². The van der Waals surface area contributed by atoms with Gasteiger partial charge in [-0.1, -0.05) is 12.1 Å². The molecular formula is C24H27F2N3O4S. The molecule has 2 heterocycles. The minimum atomic E-state index is -4.00. The van der Waals surface area contributed by atoms with Crippen LogP contribution in [0.25, 0.3) is 0 Å². The van der Waals surface area contributed by atoms with Crippen LogP contribution in [0.4, 0.5) is 14.5 Å². The largest absolute Gasteiger partial charge is 0.339 e. The second kappa shape index (κ2) is 9.79. The first-order chi connectivity index (χ1) is 16.2. The van der Waals surface area contributed by atoms with Crippen molar-refractivity contribution in [3.8, 4) is 0 Å². The number of piperidine rings is 1. The molecule has 4 rings (SSSR count). The number of benzene rings is 2. The number of rotatable bonds is 5. The molecule has 0 spiro atoms. The summed E-state index contributed by atoms with van der Waals surface area (Å²) in [5.41, 5.74) is 1.71. The van der Waals surface area contributed by atoms with Gasteiger partial charge in [0.15, 0.2) is 11.6 Å². The average Bonchev–Trinajstić information content (AvgIpc) is 3.36. The Morgan fingerprint density at radius 1 is 0.971 bits per heavy atom. The normalized spacial score (nSPS) is 17.7. The van der Waals surface area contributed by atoms with Crippen molar-refractivity contribution in [2.75, 3.05) is 31.5 Å². The highest BCUT2D eigenvalue weighted by atomic mass is 32.2. The SMILES string of the molecule is Cc1cccc(C(=O)N2CCCC2)c1NC(=O)C1CCN(S(=O)(=O)c2ccc(F)c(F)c2)CC1. The number of hydrogen-bond acceptors (Lipinski definition) is 4. The maximum atomic E-state index is 13.5. The summed E-state index contributed by atoms with van der Waals surface area (Å²) in [7, 11) is -4.00. The first-order valence-corrected chi connectivity index (χ1v) is 12.8. The summed E-state index contributed by atoms with van der Waals surface area (Å²) < 4.78 is 53.5. The molecule has 2 aliphatic heterocycles. The third-order valence-corrected chi connectivity index (χ3v) is 8.39. The predicted molar refractivity (Wildman–Crippen MR) is 123 cm³/mol. The summed E-state index contributed by atoms with van der Waals surface area (Å²) in [5, 5.41) is 2.91. The molecule has 0 aromatic heterocycles. The zero-order valence-electron chi connectivity index (χ0n) is 18.9. The summed E-state index contributed by atoms with van der Waals surface area (Å²) in [6, 6.07) is 7.80. The number of likely N-dealkylation sites (tertiary alicyclic amines) is 1. The van der Waals surface area contributed by atoms with Gasteiger partial charge in [-0.3, -0.25) is 9.59 Å². The van der Waals surface area contributed by atoms with Gasteiger partial charge in [0.1, 0.15) is 0 Å². The maximum Gasteiger partial charge on any atom is 0.255 e. The monoisotopic (exact) mass is 491 g/mol. The van der Waals surface area contributed by atoms with Crippen LogP contribution in [-0.4, -0.2) is 55.6 Å². The lowest BCUT2D eigenvalue weighted by Crippen LogP contribution is -2.41. The van der Waals surface area contributed by atoms with E-state index in [-0.39, 0.29) is 42.6 Å². The molecule has 0 bridgehead atoms. The van der Waals surface area contributed by atoms with Gasteiger partial charge in [-0.2, -0.15) is 4.31 Å². The summed E-state index contributed by atoms with van der Waals surface area (Å²) in [6.07, 6.45) is 2.47. The number of hydrogen-bond donors (Lipinski definition) is 1. The van der Waals surface area contributed by atoms with E-state index in [1.807, 2.05) is 13.0 Å². The highest BCUT2D eigenvalue weighted by molar-refractivity contribution is 7.89. The van der Waals surface area contributed by atoms with Crippen LogP contribution in [0.5, 0.6) is 0 Å². The summed E-state index contributed by atoms with van der Waals surface area (Å²) in [5.74, 6) is -3.16. The molecule has 7 nitrogen and oxygen atoms in total. The number of carbonyl (C=O) groups is 2. The predicted octanol–water partition coefficient (Wildman–Crippen LogP) is 3.55. The van der Waals surface area contributed by atoms with Gasteiger partial charge in [0.05, 0.1) is 16.1 Å². The molecule has 10 heteroatoms. The molecule has 2 aliphatic rings. The van der Waals surface area contributed by atoms with Gasteiger partial charge in [0.25, 0.3) is 5.91 Å². The lowest BCUT2D eigenvalue weighted by atomic mass is 9.96. The van der Waals surface area contributed by atoms with Crippen LogP contribution in [0.3, 0.4) is 0 Å². The zero-order valence-corrected chi connectivity index (χ0v) is 19.7. The van der Waals surface area contributed by atoms with Crippen molar-refractivity contribution in [3.05, 3.63) is 59.2 Å². The first-order valence-electron chi connectivity index (χ1n) is 11.3. The fourth-order valence-corrected chi connectivity index (χ4v) is 5.95. The number of sulfonamides is 1. The summed E-state index contributed by atoms with van der Waals surface area (Å²) in [6.45, 7) is 3.38. The summed E-state index contributed by atoms with van der Waals surface area (Å²) in [4.78, 5) is 27.5. The molecule has 1 N–H and O–H groups in total. The highest BCUT2D eigenvalue weighted by Crippen LogP contribution is 2.28. The van der Waals surface area contributed by atoms with Crippen molar-refractivity contribution >= 4 is 27.5 Å². The molecule has 2 aromatic rings. The van der Waals surface area contributed by atoms with Crippen molar-refractivity contribution in [3.63, 3.8) is 0 Å². The molecule has 0 unspecified atom stereocenters. The molecule has 2 aromatic carbocycles. The molecule has 182 valence electrons. The first kappa shape index (κ1) is 24.3. The number of para-hydroxylation sites is 1. The highest BCUT2D eigenvalue weighted by Gasteiger charge is 2.33. The van der Waals surface area contributed by atoms with Crippen LogP contribution < -0.4 is 5.32 Å². The lowest BCUT2D eigenvalue weighted by molar-refractivity contribution is -0.120. The molecular weight excluding hydrogens is 464 g/mol. The van der Waals surface area contributed by atoms with Crippen molar-refractivity contribution in [1.82, 2.24) is 9.21 Å². The van der Waals surface area contributed by atoms with Crippen LogP contribution in [0.2, 0.25) is 0 Å². The fraction of sp³-hybridized carbons (Fsp3) is 0.417. The molecule has 0 atom stereocenters. The number of anilines is 1. The second-order valence-electron chi connectivity index (χ2n) is 8.74. The topological polar surface area (TPSA) is 86.8 Å². The van der Waals surface area contributed by atoms with Crippen molar-refractivity contribution < 1.29 is 26.8 Å². The second-order valence-corrected chi connectivity index (χ2v) is 10.7. The molecule has 0 saturated carbocycles. The number of carbonyl (C=O) groups excluding carboxylic acids is 2. The van der Waals surface area contributed by atoms with Crippen LogP contribution in [0.15, 0.2) is 41.3 Å². The van der Waals surface area contributed by atoms with Gasteiger partial charge in [-0.25, -0.2) is 17.2 Å². The van der Waals surface area contributed by atoms with E-state index in [0.29, 0.717) is 30.4 Å². The van der Waals surface area contributed by atoms with E-state index in [1.54, 1.807) is 17.0 Å².